The van der Waals surface area contributed by atoms with E-state index in [2.05, 4.69) is 55.6 Å². The number of benzene rings is 1. The van der Waals surface area contributed by atoms with Crippen molar-refractivity contribution in [3.8, 4) is 0 Å². The van der Waals surface area contributed by atoms with Crippen LogP contribution in [-0.4, -0.2) is 17.8 Å². The van der Waals surface area contributed by atoms with Crippen molar-refractivity contribution >= 4 is 11.3 Å². The summed E-state index contributed by atoms with van der Waals surface area (Å²) in [5.74, 6) is 0.342. The zero-order valence-corrected chi connectivity index (χ0v) is 13.9. The summed E-state index contributed by atoms with van der Waals surface area (Å²) in [5.41, 5.74) is 1.29. The van der Waals surface area contributed by atoms with Gasteiger partial charge in [0.1, 0.15) is 0 Å². The molecule has 1 aromatic carbocycles. The van der Waals surface area contributed by atoms with Crippen molar-refractivity contribution in [1.29, 1.82) is 0 Å². The van der Waals surface area contributed by atoms with Gasteiger partial charge in [0.05, 0.1) is 6.10 Å². The predicted molar refractivity (Wildman–Crippen MR) is 91.0 cm³/mol. The van der Waals surface area contributed by atoms with E-state index in [1.807, 2.05) is 24.3 Å². The summed E-state index contributed by atoms with van der Waals surface area (Å²) in [7, 11) is 0. The van der Waals surface area contributed by atoms with Crippen LogP contribution in [0.4, 0.5) is 0 Å². The average Bonchev–Trinajstić information content (AvgIpc) is 2.90. The number of aliphatic hydroxyl groups excluding tert-OH is 1. The minimum Gasteiger partial charge on any atom is -0.393 e. The Morgan fingerprint density at radius 2 is 1.81 bits per heavy atom. The standard InChI is InChI=1S/C18H25NOS/c1-13(20)11-17(16-7-5-4-6-8-16)12-19-15(3)18-10-9-14(2)21-18/h4-10,13,15,17,19-20H,11-12H2,1-3H3. The number of hydrogen-bond donors (Lipinski definition) is 2. The van der Waals surface area contributed by atoms with Crippen LogP contribution in [0.2, 0.25) is 0 Å². The number of rotatable bonds is 7. The van der Waals surface area contributed by atoms with Gasteiger partial charge in [0.2, 0.25) is 0 Å². The van der Waals surface area contributed by atoms with Crippen molar-refractivity contribution in [2.45, 2.75) is 45.3 Å². The van der Waals surface area contributed by atoms with Gasteiger partial charge in [-0.1, -0.05) is 30.3 Å². The van der Waals surface area contributed by atoms with E-state index >= 15 is 0 Å². The predicted octanol–water partition coefficient (Wildman–Crippen LogP) is 4.26. The van der Waals surface area contributed by atoms with Crippen molar-refractivity contribution in [2.75, 3.05) is 6.54 Å². The molecule has 1 heterocycles. The molecule has 2 aromatic rings. The molecular formula is C18H25NOS. The Labute approximate surface area is 131 Å². The zero-order chi connectivity index (χ0) is 15.2. The molecule has 3 unspecified atom stereocenters. The molecule has 2 N–H and O–H groups in total. The lowest BCUT2D eigenvalue weighted by molar-refractivity contribution is 0.173. The first-order valence-corrected chi connectivity index (χ1v) is 8.40. The van der Waals surface area contributed by atoms with E-state index < -0.39 is 0 Å². The Morgan fingerprint density at radius 1 is 1.10 bits per heavy atom. The van der Waals surface area contributed by atoms with Gasteiger partial charge in [0.15, 0.2) is 0 Å². The molecule has 2 rings (SSSR count). The smallest absolute Gasteiger partial charge is 0.0518 e. The van der Waals surface area contributed by atoms with Crippen molar-refractivity contribution in [3.05, 3.63) is 57.8 Å². The first-order valence-electron chi connectivity index (χ1n) is 7.59. The molecule has 114 valence electrons. The third kappa shape index (κ3) is 4.95. The molecule has 0 aliphatic heterocycles. The van der Waals surface area contributed by atoms with Gasteiger partial charge in [-0.05, 0) is 50.8 Å². The highest BCUT2D eigenvalue weighted by atomic mass is 32.1. The second-order valence-electron chi connectivity index (χ2n) is 5.77. The number of nitrogens with one attached hydrogen (secondary N) is 1. The van der Waals surface area contributed by atoms with E-state index in [1.165, 1.54) is 15.3 Å². The van der Waals surface area contributed by atoms with Crippen LogP contribution in [-0.2, 0) is 0 Å². The number of hydrogen-bond acceptors (Lipinski definition) is 3. The third-order valence-electron chi connectivity index (χ3n) is 3.75. The van der Waals surface area contributed by atoms with Crippen LogP contribution in [0.1, 0.15) is 47.5 Å². The maximum absolute atomic E-state index is 9.74. The van der Waals surface area contributed by atoms with Crippen molar-refractivity contribution in [2.24, 2.45) is 0 Å². The lowest BCUT2D eigenvalue weighted by Crippen LogP contribution is -2.26. The fraction of sp³-hybridized carbons (Fsp3) is 0.444. The van der Waals surface area contributed by atoms with Crippen LogP contribution >= 0.6 is 11.3 Å². The molecule has 2 nitrogen and oxygen atoms in total. The molecule has 1 aromatic heterocycles. The molecule has 0 aliphatic carbocycles. The van der Waals surface area contributed by atoms with Gasteiger partial charge in [-0.3, -0.25) is 0 Å². The van der Waals surface area contributed by atoms with Gasteiger partial charge < -0.3 is 10.4 Å². The molecule has 0 fully saturated rings. The van der Waals surface area contributed by atoms with Gasteiger partial charge in [-0.25, -0.2) is 0 Å². The second-order valence-corrected chi connectivity index (χ2v) is 7.09. The Balaban J connectivity index is 1.99. The Morgan fingerprint density at radius 3 is 2.38 bits per heavy atom. The van der Waals surface area contributed by atoms with Crippen LogP contribution in [0.5, 0.6) is 0 Å². The van der Waals surface area contributed by atoms with E-state index in [4.69, 9.17) is 0 Å². The maximum atomic E-state index is 9.74. The van der Waals surface area contributed by atoms with E-state index in [9.17, 15) is 5.11 Å². The first-order chi connectivity index (χ1) is 10.1. The third-order valence-corrected chi connectivity index (χ3v) is 4.94. The van der Waals surface area contributed by atoms with Crippen LogP contribution in [0.25, 0.3) is 0 Å². The van der Waals surface area contributed by atoms with E-state index in [-0.39, 0.29) is 6.10 Å². The second kappa shape index (κ2) is 7.74. The topological polar surface area (TPSA) is 32.3 Å². The summed E-state index contributed by atoms with van der Waals surface area (Å²) in [5, 5.41) is 13.4. The number of aliphatic hydroxyl groups is 1. The quantitative estimate of drug-likeness (QED) is 0.801. The monoisotopic (exact) mass is 303 g/mol. The minimum atomic E-state index is -0.281. The van der Waals surface area contributed by atoms with Gasteiger partial charge in [-0.2, -0.15) is 0 Å². The summed E-state index contributed by atoms with van der Waals surface area (Å²) in [4.78, 5) is 2.72. The van der Waals surface area contributed by atoms with E-state index in [0.29, 0.717) is 12.0 Å². The van der Waals surface area contributed by atoms with E-state index in [0.717, 1.165) is 13.0 Å². The fourth-order valence-electron chi connectivity index (χ4n) is 2.58. The highest BCUT2D eigenvalue weighted by Crippen LogP contribution is 2.25. The SMILES string of the molecule is Cc1ccc(C(C)NCC(CC(C)O)c2ccccc2)s1. The van der Waals surface area contributed by atoms with Crippen LogP contribution < -0.4 is 5.32 Å². The highest BCUT2D eigenvalue weighted by molar-refractivity contribution is 7.12. The van der Waals surface area contributed by atoms with Crippen LogP contribution in [0.15, 0.2) is 42.5 Å². The summed E-state index contributed by atoms with van der Waals surface area (Å²) >= 11 is 1.85. The average molecular weight is 303 g/mol. The fourth-order valence-corrected chi connectivity index (χ4v) is 3.48. The molecule has 0 saturated heterocycles. The van der Waals surface area contributed by atoms with Crippen molar-refractivity contribution in [3.63, 3.8) is 0 Å². The molecule has 21 heavy (non-hydrogen) atoms. The molecule has 3 heteroatoms. The van der Waals surface area contributed by atoms with Gasteiger partial charge >= 0.3 is 0 Å². The summed E-state index contributed by atoms with van der Waals surface area (Å²) in [6.07, 6.45) is 0.504. The Hall–Kier alpha value is -1.16. The van der Waals surface area contributed by atoms with Gasteiger partial charge in [-0.15, -0.1) is 11.3 Å². The Bertz CT molecular complexity index is 535. The van der Waals surface area contributed by atoms with Gasteiger partial charge in [0, 0.05) is 22.3 Å². The summed E-state index contributed by atoms with van der Waals surface area (Å²) < 4.78 is 0. The van der Waals surface area contributed by atoms with Crippen molar-refractivity contribution in [1.82, 2.24) is 5.32 Å². The normalized spacial score (nSPS) is 15.6. The Kier molecular flexibility index (Phi) is 5.97. The lowest BCUT2D eigenvalue weighted by Gasteiger charge is -2.22. The van der Waals surface area contributed by atoms with E-state index in [1.54, 1.807) is 0 Å². The molecule has 0 bridgehead atoms. The van der Waals surface area contributed by atoms with Crippen molar-refractivity contribution < 1.29 is 5.11 Å². The first kappa shape index (κ1) is 16.2. The summed E-state index contributed by atoms with van der Waals surface area (Å²) in [6, 6.07) is 15.2. The molecular weight excluding hydrogens is 278 g/mol. The number of thiophene rings is 1. The molecule has 0 radical (unpaired) electrons. The molecule has 3 atom stereocenters. The number of aryl methyl sites for hydroxylation is 1. The molecule has 0 saturated carbocycles. The van der Waals surface area contributed by atoms with Gasteiger partial charge in [0.25, 0.3) is 0 Å². The molecule has 0 spiro atoms. The molecule has 0 aliphatic rings. The van der Waals surface area contributed by atoms with Crippen LogP contribution in [0.3, 0.4) is 0 Å². The highest BCUT2D eigenvalue weighted by Gasteiger charge is 2.16. The van der Waals surface area contributed by atoms with Crippen LogP contribution in [0, 0.1) is 6.92 Å². The maximum Gasteiger partial charge on any atom is 0.0518 e. The molecule has 0 amide bonds. The largest absolute Gasteiger partial charge is 0.393 e. The minimum absolute atomic E-state index is 0.281. The lowest BCUT2D eigenvalue weighted by atomic mass is 9.93. The zero-order valence-electron chi connectivity index (χ0n) is 13.0. The summed E-state index contributed by atoms with van der Waals surface area (Å²) in [6.45, 7) is 7.09.